The summed E-state index contributed by atoms with van der Waals surface area (Å²) in [6.45, 7) is 2.82. The Morgan fingerprint density at radius 3 is 2.43 bits per heavy atom. The first-order valence-electron chi connectivity index (χ1n) is 7.37. The van der Waals surface area contributed by atoms with Crippen molar-refractivity contribution in [2.45, 2.75) is 30.8 Å². The van der Waals surface area contributed by atoms with Crippen LogP contribution in [0, 0.1) is 0 Å². The Hall–Kier alpha value is -1.89. The predicted octanol–water partition coefficient (Wildman–Crippen LogP) is 2.06. The summed E-state index contributed by atoms with van der Waals surface area (Å²) in [6.07, 6.45) is 0.694. The summed E-state index contributed by atoms with van der Waals surface area (Å²) in [7, 11) is -2.38. The maximum atomic E-state index is 11.6. The first kappa shape index (κ1) is 17.5. The molecule has 0 fully saturated rings. The molecule has 0 heterocycles. The second-order valence-electron chi connectivity index (χ2n) is 5.50. The van der Waals surface area contributed by atoms with Crippen LogP contribution >= 0.6 is 0 Å². The van der Waals surface area contributed by atoms with E-state index in [0.717, 1.165) is 12.1 Å². The molecule has 2 rings (SSSR count). The number of hydrogen-bond donors (Lipinski definition) is 2. The lowest BCUT2D eigenvalue weighted by molar-refractivity contribution is 0.402. The highest BCUT2D eigenvalue weighted by molar-refractivity contribution is 7.89. The van der Waals surface area contributed by atoms with Crippen molar-refractivity contribution in [2.75, 3.05) is 7.11 Å². The molecular weight excluding hydrogens is 312 g/mol. The molecule has 0 aliphatic heterocycles. The summed E-state index contributed by atoms with van der Waals surface area (Å²) < 4.78 is 28.3. The Labute approximate surface area is 137 Å². The monoisotopic (exact) mass is 334 g/mol. The van der Waals surface area contributed by atoms with Crippen molar-refractivity contribution in [3.63, 3.8) is 0 Å². The van der Waals surface area contributed by atoms with Crippen LogP contribution in [0.15, 0.2) is 53.4 Å². The molecule has 0 aliphatic rings. The van der Waals surface area contributed by atoms with Gasteiger partial charge in [0, 0.05) is 12.6 Å². The minimum atomic E-state index is -3.80. The predicted molar refractivity (Wildman–Crippen MR) is 90.8 cm³/mol. The van der Waals surface area contributed by atoms with Crippen LogP contribution in [0.4, 0.5) is 0 Å². The third kappa shape index (κ3) is 5.06. The van der Waals surface area contributed by atoms with Gasteiger partial charge in [-0.3, -0.25) is 0 Å². The Kier molecular flexibility index (Phi) is 5.76. The average molecular weight is 334 g/mol. The average Bonchev–Trinajstić information content (AvgIpc) is 2.53. The number of rotatable bonds is 7. The number of sulfonamides is 1. The van der Waals surface area contributed by atoms with Gasteiger partial charge < -0.3 is 10.1 Å². The third-order valence-electron chi connectivity index (χ3n) is 3.57. The van der Waals surface area contributed by atoms with E-state index >= 15 is 0 Å². The molecule has 0 amide bonds. The lowest BCUT2D eigenvalue weighted by Crippen LogP contribution is -2.27. The minimum absolute atomic E-state index is 0.0211. The normalized spacial score (nSPS) is 12.8. The lowest BCUT2D eigenvalue weighted by atomic mass is 10.1. The number of ether oxygens (including phenoxy) is 1. The summed E-state index contributed by atoms with van der Waals surface area (Å²) in [4.78, 5) is 0.0211. The van der Waals surface area contributed by atoms with Crippen LogP contribution in [-0.4, -0.2) is 21.6 Å². The summed E-state index contributed by atoms with van der Waals surface area (Å²) in [6, 6.07) is 15.4. The minimum Gasteiger partial charge on any atom is -0.495 e. The van der Waals surface area contributed by atoms with E-state index in [4.69, 9.17) is 9.88 Å². The molecule has 1 atom stereocenters. The molecule has 3 N–H and O–H groups in total. The topological polar surface area (TPSA) is 81.4 Å². The number of hydrogen-bond acceptors (Lipinski definition) is 4. The summed E-state index contributed by atoms with van der Waals surface area (Å²) in [5.41, 5.74) is 2.10. The molecule has 0 spiro atoms. The van der Waals surface area contributed by atoms with Gasteiger partial charge in [-0.25, -0.2) is 13.6 Å². The first-order chi connectivity index (χ1) is 10.9. The highest BCUT2D eigenvalue weighted by atomic mass is 32.2. The molecule has 0 saturated carbocycles. The van der Waals surface area contributed by atoms with E-state index < -0.39 is 10.0 Å². The SMILES string of the molecule is COc1ccc(C[C@@H](C)NCc2ccccc2)cc1S(N)(=O)=O. The standard InChI is InChI=1S/C17H22N2O3S/c1-13(19-12-14-6-4-3-5-7-14)10-15-8-9-16(22-2)17(11-15)23(18,20)21/h3-9,11,13,19H,10,12H2,1-2H3,(H2,18,20,21)/t13-/m1/s1. The van der Waals surface area contributed by atoms with Crippen molar-refractivity contribution < 1.29 is 13.2 Å². The Morgan fingerprint density at radius 1 is 1.13 bits per heavy atom. The zero-order valence-electron chi connectivity index (χ0n) is 13.3. The zero-order chi connectivity index (χ0) is 16.9. The fourth-order valence-corrected chi connectivity index (χ4v) is 3.13. The molecule has 124 valence electrons. The largest absolute Gasteiger partial charge is 0.495 e. The molecule has 0 unspecified atom stereocenters. The molecule has 23 heavy (non-hydrogen) atoms. The molecule has 0 radical (unpaired) electrons. The van der Waals surface area contributed by atoms with Gasteiger partial charge in [-0.15, -0.1) is 0 Å². The molecule has 0 aromatic heterocycles. The van der Waals surface area contributed by atoms with Gasteiger partial charge >= 0.3 is 0 Å². The lowest BCUT2D eigenvalue weighted by Gasteiger charge is -2.15. The fraction of sp³-hybridized carbons (Fsp3) is 0.294. The molecule has 5 nitrogen and oxygen atoms in total. The number of nitrogens with two attached hydrogens (primary N) is 1. The van der Waals surface area contributed by atoms with Crippen LogP contribution in [0.2, 0.25) is 0 Å². The van der Waals surface area contributed by atoms with E-state index in [1.165, 1.54) is 12.7 Å². The second-order valence-corrected chi connectivity index (χ2v) is 7.03. The highest BCUT2D eigenvalue weighted by Crippen LogP contribution is 2.24. The molecular formula is C17H22N2O3S. The quantitative estimate of drug-likeness (QED) is 0.812. The Balaban J connectivity index is 2.05. The van der Waals surface area contributed by atoms with Gasteiger partial charge in [-0.1, -0.05) is 36.4 Å². The van der Waals surface area contributed by atoms with Crippen molar-refractivity contribution in [2.24, 2.45) is 5.14 Å². The molecule has 0 bridgehead atoms. The van der Waals surface area contributed by atoms with Gasteiger partial charge in [-0.2, -0.15) is 0 Å². The van der Waals surface area contributed by atoms with Crippen LogP contribution in [-0.2, 0) is 23.0 Å². The van der Waals surface area contributed by atoms with Crippen LogP contribution in [0.25, 0.3) is 0 Å². The highest BCUT2D eigenvalue weighted by Gasteiger charge is 2.16. The van der Waals surface area contributed by atoms with Crippen LogP contribution < -0.4 is 15.2 Å². The maximum absolute atomic E-state index is 11.6. The van der Waals surface area contributed by atoms with Crippen LogP contribution in [0.1, 0.15) is 18.1 Å². The van der Waals surface area contributed by atoms with E-state index in [0.29, 0.717) is 6.42 Å². The van der Waals surface area contributed by atoms with Gasteiger partial charge in [0.1, 0.15) is 10.6 Å². The van der Waals surface area contributed by atoms with E-state index in [9.17, 15) is 8.42 Å². The van der Waals surface area contributed by atoms with Crippen molar-refractivity contribution >= 4 is 10.0 Å². The van der Waals surface area contributed by atoms with Gasteiger partial charge in [0.15, 0.2) is 0 Å². The number of nitrogens with one attached hydrogen (secondary N) is 1. The second kappa shape index (κ2) is 7.59. The fourth-order valence-electron chi connectivity index (χ4n) is 2.38. The number of primary sulfonamides is 1. The molecule has 2 aromatic rings. The summed E-state index contributed by atoms with van der Waals surface area (Å²) in [5, 5.41) is 8.67. The van der Waals surface area contributed by atoms with Crippen molar-refractivity contribution in [3.8, 4) is 5.75 Å². The third-order valence-corrected chi connectivity index (χ3v) is 4.51. The zero-order valence-corrected chi connectivity index (χ0v) is 14.1. The molecule has 0 aliphatic carbocycles. The molecule has 2 aromatic carbocycles. The van der Waals surface area contributed by atoms with Gasteiger partial charge in [0.2, 0.25) is 10.0 Å². The van der Waals surface area contributed by atoms with E-state index in [2.05, 4.69) is 24.4 Å². The van der Waals surface area contributed by atoms with Crippen molar-refractivity contribution in [1.29, 1.82) is 0 Å². The maximum Gasteiger partial charge on any atom is 0.241 e. The summed E-state index contributed by atoms with van der Waals surface area (Å²) >= 11 is 0. The van der Waals surface area contributed by atoms with E-state index in [1.54, 1.807) is 12.1 Å². The van der Waals surface area contributed by atoms with Crippen molar-refractivity contribution in [3.05, 3.63) is 59.7 Å². The first-order valence-corrected chi connectivity index (χ1v) is 8.92. The van der Waals surface area contributed by atoms with Gasteiger partial charge in [0.05, 0.1) is 7.11 Å². The Bertz CT molecular complexity index is 746. The smallest absolute Gasteiger partial charge is 0.241 e. The molecule has 0 saturated heterocycles. The number of benzene rings is 2. The summed E-state index contributed by atoms with van der Waals surface area (Å²) in [5.74, 6) is 0.265. The van der Waals surface area contributed by atoms with E-state index in [-0.39, 0.29) is 16.7 Å². The van der Waals surface area contributed by atoms with Crippen molar-refractivity contribution in [1.82, 2.24) is 5.32 Å². The number of methoxy groups -OCH3 is 1. The van der Waals surface area contributed by atoms with Crippen LogP contribution in [0.5, 0.6) is 5.75 Å². The van der Waals surface area contributed by atoms with Crippen LogP contribution in [0.3, 0.4) is 0 Å². The Morgan fingerprint density at radius 2 is 1.83 bits per heavy atom. The van der Waals surface area contributed by atoms with Gasteiger partial charge in [-0.05, 0) is 36.6 Å². The van der Waals surface area contributed by atoms with E-state index in [1.807, 2.05) is 24.3 Å². The molecule has 6 heteroatoms. The van der Waals surface area contributed by atoms with Gasteiger partial charge in [0.25, 0.3) is 0 Å².